The van der Waals surface area contributed by atoms with Crippen molar-refractivity contribution >= 4 is 5.91 Å². The van der Waals surface area contributed by atoms with Gasteiger partial charge in [0, 0.05) is 12.1 Å². The Kier molecular flexibility index (Phi) is 4.73. The van der Waals surface area contributed by atoms with Crippen molar-refractivity contribution in [2.24, 2.45) is 0 Å². The molecule has 0 fully saturated rings. The molecule has 100 valence electrons. The molecule has 0 spiro atoms. The number of carbonyl (C=O) groups is 1. The first kappa shape index (κ1) is 14.5. The van der Waals surface area contributed by atoms with E-state index in [2.05, 4.69) is 12.2 Å². The van der Waals surface area contributed by atoms with Gasteiger partial charge in [-0.2, -0.15) is 0 Å². The van der Waals surface area contributed by atoms with Gasteiger partial charge in [0.05, 0.1) is 7.11 Å². The summed E-state index contributed by atoms with van der Waals surface area (Å²) in [4.78, 5) is 11.6. The first-order valence-corrected chi connectivity index (χ1v) is 6.05. The van der Waals surface area contributed by atoms with Gasteiger partial charge < -0.3 is 15.2 Å². The van der Waals surface area contributed by atoms with Gasteiger partial charge in [-0.15, -0.1) is 0 Å². The molecule has 0 heterocycles. The monoisotopic (exact) mass is 251 g/mol. The van der Waals surface area contributed by atoms with E-state index in [1.807, 2.05) is 18.2 Å². The van der Waals surface area contributed by atoms with Gasteiger partial charge in [0.1, 0.15) is 11.4 Å². The lowest BCUT2D eigenvalue weighted by Gasteiger charge is -2.17. The minimum atomic E-state index is -1.37. The maximum Gasteiger partial charge on any atom is 0.251 e. The molecule has 4 heteroatoms. The summed E-state index contributed by atoms with van der Waals surface area (Å²) in [6.07, 6.45) is 0.927. The minimum Gasteiger partial charge on any atom is -0.496 e. The van der Waals surface area contributed by atoms with Gasteiger partial charge in [0.15, 0.2) is 0 Å². The number of carbonyl (C=O) groups excluding carboxylic acids is 1. The number of ether oxygens (including phenoxy) is 1. The molecular weight excluding hydrogens is 230 g/mol. The van der Waals surface area contributed by atoms with E-state index in [4.69, 9.17) is 4.74 Å². The highest BCUT2D eigenvalue weighted by Crippen LogP contribution is 2.20. The Morgan fingerprint density at radius 2 is 2.11 bits per heavy atom. The molecule has 0 saturated heterocycles. The Morgan fingerprint density at radius 1 is 1.44 bits per heavy atom. The normalized spacial score (nSPS) is 11.2. The molecule has 1 aromatic carbocycles. The Bertz CT molecular complexity index is 422. The van der Waals surface area contributed by atoms with Crippen molar-refractivity contribution in [3.63, 3.8) is 0 Å². The summed E-state index contributed by atoms with van der Waals surface area (Å²) in [5.74, 6) is 0.342. The number of amides is 1. The Hall–Kier alpha value is -1.55. The van der Waals surface area contributed by atoms with E-state index in [1.54, 1.807) is 7.11 Å². The Labute approximate surface area is 108 Å². The van der Waals surface area contributed by atoms with Gasteiger partial charge in [-0.25, -0.2) is 0 Å². The summed E-state index contributed by atoms with van der Waals surface area (Å²) < 4.78 is 5.25. The highest BCUT2D eigenvalue weighted by Gasteiger charge is 2.23. The quantitative estimate of drug-likeness (QED) is 0.836. The lowest BCUT2D eigenvalue weighted by molar-refractivity contribution is -0.136. The first-order chi connectivity index (χ1) is 8.38. The van der Waals surface area contributed by atoms with Crippen molar-refractivity contribution in [2.75, 3.05) is 7.11 Å². The molecule has 2 N–H and O–H groups in total. The van der Waals surface area contributed by atoms with E-state index < -0.39 is 11.5 Å². The molecule has 1 aromatic rings. The van der Waals surface area contributed by atoms with Gasteiger partial charge in [-0.05, 0) is 31.9 Å². The van der Waals surface area contributed by atoms with Crippen LogP contribution in [0.2, 0.25) is 0 Å². The third-order valence-corrected chi connectivity index (χ3v) is 2.75. The topological polar surface area (TPSA) is 58.6 Å². The minimum absolute atomic E-state index is 0.347. The number of hydrogen-bond acceptors (Lipinski definition) is 3. The van der Waals surface area contributed by atoms with Crippen LogP contribution in [0.5, 0.6) is 5.75 Å². The second-order valence-electron chi connectivity index (χ2n) is 4.74. The van der Waals surface area contributed by atoms with E-state index >= 15 is 0 Å². The molecule has 0 aliphatic rings. The second-order valence-corrected chi connectivity index (χ2v) is 4.74. The van der Waals surface area contributed by atoms with Gasteiger partial charge in [-0.1, -0.05) is 19.1 Å². The number of aryl methyl sites for hydroxylation is 1. The highest BCUT2D eigenvalue weighted by molar-refractivity contribution is 5.83. The van der Waals surface area contributed by atoms with Crippen LogP contribution < -0.4 is 10.1 Å². The average molecular weight is 251 g/mol. The number of nitrogens with one attached hydrogen (secondary N) is 1. The molecule has 0 radical (unpaired) electrons. The zero-order valence-corrected chi connectivity index (χ0v) is 11.4. The highest BCUT2D eigenvalue weighted by atomic mass is 16.5. The van der Waals surface area contributed by atoms with E-state index in [9.17, 15) is 9.90 Å². The van der Waals surface area contributed by atoms with Crippen molar-refractivity contribution in [1.82, 2.24) is 5.32 Å². The predicted molar refractivity (Wildman–Crippen MR) is 70.5 cm³/mol. The summed E-state index contributed by atoms with van der Waals surface area (Å²) in [7, 11) is 1.60. The number of hydrogen-bond donors (Lipinski definition) is 2. The van der Waals surface area contributed by atoms with Gasteiger partial charge in [0.2, 0.25) is 0 Å². The van der Waals surface area contributed by atoms with Crippen molar-refractivity contribution in [1.29, 1.82) is 0 Å². The van der Waals surface area contributed by atoms with Crippen LogP contribution in [-0.4, -0.2) is 23.7 Å². The van der Waals surface area contributed by atoms with Crippen LogP contribution in [0.3, 0.4) is 0 Å². The Morgan fingerprint density at radius 3 is 2.61 bits per heavy atom. The van der Waals surface area contributed by atoms with Gasteiger partial charge in [-0.3, -0.25) is 4.79 Å². The molecule has 0 bridgehead atoms. The molecule has 4 nitrogen and oxygen atoms in total. The second kappa shape index (κ2) is 5.87. The van der Waals surface area contributed by atoms with E-state index in [0.717, 1.165) is 17.7 Å². The zero-order valence-electron chi connectivity index (χ0n) is 11.4. The number of methoxy groups -OCH3 is 1. The smallest absolute Gasteiger partial charge is 0.251 e. The molecule has 0 aromatic heterocycles. The fraction of sp³-hybridized carbons (Fsp3) is 0.500. The maximum absolute atomic E-state index is 11.6. The molecule has 18 heavy (non-hydrogen) atoms. The van der Waals surface area contributed by atoms with Crippen LogP contribution >= 0.6 is 0 Å². The van der Waals surface area contributed by atoms with Gasteiger partial charge in [0.25, 0.3) is 5.91 Å². The standard InChI is InChI=1S/C14H21NO3/c1-5-10-6-7-12(18-4)11(8-10)9-15-13(16)14(2,3)17/h6-8,17H,5,9H2,1-4H3,(H,15,16). The predicted octanol–water partition coefficient (Wildman–Crippen LogP) is 1.64. The zero-order chi connectivity index (χ0) is 13.8. The van der Waals surface area contributed by atoms with Crippen molar-refractivity contribution < 1.29 is 14.6 Å². The molecule has 0 saturated carbocycles. The van der Waals surface area contributed by atoms with E-state index in [1.165, 1.54) is 19.4 Å². The number of benzene rings is 1. The molecule has 0 atom stereocenters. The maximum atomic E-state index is 11.6. The number of aliphatic hydroxyl groups is 1. The third-order valence-electron chi connectivity index (χ3n) is 2.75. The lowest BCUT2D eigenvalue weighted by atomic mass is 10.1. The summed E-state index contributed by atoms with van der Waals surface area (Å²) in [5, 5.41) is 12.2. The van der Waals surface area contributed by atoms with Crippen LogP contribution in [0, 0.1) is 0 Å². The summed E-state index contributed by atoms with van der Waals surface area (Å²) in [6.45, 7) is 5.34. The lowest BCUT2D eigenvalue weighted by Crippen LogP contribution is -2.41. The summed E-state index contributed by atoms with van der Waals surface area (Å²) in [5.41, 5.74) is 0.730. The van der Waals surface area contributed by atoms with Crippen molar-refractivity contribution in [3.05, 3.63) is 29.3 Å². The fourth-order valence-electron chi connectivity index (χ4n) is 1.58. The molecule has 0 aliphatic heterocycles. The number of rotatable bonds is 5. The fourth-order valence-corrected chi connectivity index (χ4v) is 1.58. The van der Waals surface area contributed by atoms with Crippen molar-refractivity contribution in [3.8, 4) is 5.75 Å². The molecule has 0 aliphatic carbocycles. The van der Waals surface area contributed by atoms with Gasteiger partial charge >= 0.3 is 0 Å². The van der Waals surface area contributed by atoms with Crippen LogP contribution in [0.25, 0.3) is 0 Å². The molecule has 0 unspecified atom stereocenters. The SMILES string of the molecule is CCc1ccc(OC)c(CNC(=O)C(C)(C)O)c1. The van der Waals surface area contributed by atoms with E-state index in [-0.39, 0.29) is 0 Å². The van der Waals surface area contributed by atoms with Crippen LogP contribution in [0.15, 0.2) is 18.2 Å². The summed E-state index contributed by atoms with van der Waals surface area (Å²) >= 11 is 0. The molecule has 1 rings (SSSR count). The van der Waals surface area contributed by atoms with Crippen LogP contribution in [0.4, 0.5) is 0 Å². The summed E-state index contributed by atoms with van der Waals surface area (Å²) in [6, 6.07) is 5.90. The largest absolute Gasteiger partial charge is 0.496 e. The molecule has 1 amide bonds. The third kappa shape index (κ3) is 3.74. The Balaban J connectivity index is 2.80. The van der Waals surface area contributed by atoms with Crippen molar-refractivity contribution in [2.45, 2.75) is 39.3 Å². The average Bonchev–Trinajstić information content (AvgIpc) is 2.34. The van der Waals surface area contributed by atoms with E-state index in [0.29, 0.717) is 6.54 Å². The van der Waals surface area contributed by atoms with Crippen LogP contribution in [-0.2, 0) is 17.8 Å². The van der Waals surface area contributed by atoms with Crippen LogP contribution in [0.1, 0.15) is 31.9 Å². The molecular formula is C14H21NO3. The first-order valence-electron chi connectivity index (χ1n) is 6.05.